The van der Waals surface area contributed by atoms with E-state index in [1.807, 2.05) is 49.1 Å². The number of amides is 2. The number of likely N-dealkylation sites (tertiary alicyclic amines) is 1. The summed E-state index contributed by atoms with van der Waals surface area (Å²) in [5.41, 5.74) is 10.8. The fourth-order valence-corrected chi connectivity index (χ4v) is 4.79. The van der Waals surface area contributed by atoms with Crippen LogP contribution >= 0.6 is 0 Å². The summed E-state index contributed by atoms with van der Waals surface area (Å²) in [6.45, 7) is 5.53. The maximum Gasteiger partial charge on any atom is 0.254 e. The zero-order valence-corrected chi connectivity index (χ0v) is 21.5. The Balaban J connectivity index is 1.44. The van der Waals surface area contributed by atoms with Crippen molar-refractivity contribution in [3.8, 4) is 11.1 Å². The third-order valence-corrected chi connectivity index (χ3v) is 6.69. The number of benzene rings is 1. The fourth-order valence-electron chi connectivity index (χ4n) is 4.79. The Morgan fingerprint density at radius 3 is 2.61 bits per heavy atom. The van der Waals surface area contributed by atoms with Crippen LogP contribution in [0.15, 0.2) is 55.0 Å². The van der Waals surface area contributed by atoms with Gasteiger partial charge < -0.3 is 20.9 Å². The van der Waals surface area contributed by atoms with Gasteiger partial charge in [0.05, 0.1) is 23.3 Å². The Morgan fingerprint density at radius 2 is 1.84 bits per heavy atom. The third kappa shape index (κ3) is 5.13. The minimum absolute atomic E-state index is 0.0150. The minimum Gasteiger partial charge on any atom is -0.383 e. The molecule has 2 amide bonds. The monoisotopic (exact) mass is 509 g/mol. The summed E-state index contributed by atoms with van der Waals surface area (Å²) < 4.78 is 0. The highest BCUT2D eigenvalue weighted by atomic mass is 16.2. The number of hydrogen-bond donors (Lipinski definition) is 4. The molecule has 0 unspecified atom stereocenters. The van der Waals surface area contributed by atoms with E-state index >= 15 is 0 Å². The molecule has 0 aliphatic carbocycles. The van der Waals surface area contributed by atoms with Crippen LogP contribution < -0.4 is 11.1 Å². The van der Waals surface area contributed by atoms with Gasteiger partial charge in [-0.15, -0.1) is 0 Å². The molecule has 4 aromatic rings. The van der Waals surface area contributed by atoms with Crippen molar-refractivity contribution in [1.82, 2.24) is 19.9 Å². The zero-order valence-electron chi connectivity index (χ0n) is 21.5. The number of carbonyl (C=O) groups excluding carboxylic acids is 2. The number of nitrogens with two attached hydrogens (primary N) is 1. The number of anilines is 2. The van der Waals surface area contributed by atoms with Gasteiger partial charge in [0.15, 0.2) is 0 Å². The molecule has 0 radical (unpaired) electrons. The molecule has 5 N–H and O–H groups in total. The standard InChI is InChI=1S/C29H31N7O2/c1-17(2)10-26(37)34-20-11-18(14-32-16-20)19-12-23(28(31)33-15-19)27(30)25-13-22-21(6-5-7-24(22)35-25)29(38)36-8-3-4-9-36/h5-7,11-17,30,35H,3-4,8-10H2,1-2H3,(H2,31,33)(H,34,37). The van der Waals surface area contributed by atoms with Gasteiger partial charge in [0, 0.05) is 65.1 Å². The number of aromatic amines is 1. The molecule has 9 nitrogen and oxygen atoms in total. The number of carbonyl (C=O) groups is 2. The Hall–Kier alpha value is -4.53. The topological polar surface area (TPSA) is 141 Å². The lowest BCUT2D eigenvalue weighted by atomic mass is 10.0. The summed E-state index contributed by atoms with van der Waals surface area (Å²) in [4.78, 5) is 39.1. The first kappa shape index (κ1) is 25.1. The number of hydrogen-bond acceptors (Lipinski definition) is 6. The van der Waals surface area contributed by atoms with Gasteiger partial charge >= 0.3 is 0 Å². The molecule has 5 rings (SSSR count). The molecule has 0 saturated carbocycles. The average molecular weight is 510 g/mol. The lowest BCUT2D eigenvalue weighted by Crippen LogP contribution is -2.27. The molecule has 1 aliphatic rings. The van der Waals surface area contributed by atoms with Crippen molar-refractivity contribution < 1.29 is 9.59 Å². The number of nitrogens with zero attached hydrogens (tertiary/aromatic N) is 3. The van der Waals surface area contributed by atoms with Crippen LogP contribution in [0.1, 0.15) is 54.7 Å². The van der Waals surface area contributed by atoms with E-state index < -0.39 is 0 Å². The summed E-state index contributed by atoms with van der Waals surface area (Å²) in [5, 5.41) is 12.6. The van der Waals surface area contributed by atoms with Gasteiger partial charge in [-0.1, -0.05) is 19.9 Å². The lowest BCUT2D eigenvalue weighted by molar-refractivity contribution is -0.116. The lowest BCUT2D eigenvalue weighted by Gasteiger charge is -2.15. The van der Waals surface area contributed by atoms with Crippen molar-refractivity contribution in [3.05, 3.63) is 71.8 Å². The highest BCUT2D eigenvalue weighted by Crippen LogP contribution is 2.28. The summed E-state index contributed by atoms with van der Waals surface area (Å²) in [6.07, 6.45) is 7.37. The molecule has 1 aromatic carbocycles. The van der Waals surface area contributed by atoms with Crippen molar-refractivity contribution in [2.75, 3.05) is 24.1 Å². The number of fused-ring (bicyclic) bond motifs is 1. The largest absolute Gasteiger partial charge is 0.383 e. The highest BCUT2D eigenvalue weighted by molar-refractivity contribution is 6.16. The van der Waals surface area contributed by atoms with Crippen LogP contribution in [0.4, 0.5) is 11.5 Å². The smallest absolute Gasteiger partial charge is 0.254 e. The Morgan fingerprint density at radius 1 is 1.08 bits per heavy atom. The van der Waals surface area contributed by atoms with E-state index in [9.17, 15) is 9.59 Å². The highest BCUT2D eigenvalue weighted by Gasteiger charge is 2.23. The predicted octanol–water partition coefficient (Wildman–Crippen LogP) is 4.84. The van der Waals surface area contributed by atoms with Crippen LogP contribution in [0.5, 0.6) is 0 Å². The fraction of sp³-hybridized carbons (Fsp3) is 0.276. The average Bonchev–Trinajstić information content (AvgIpc) is 3.58. The summed E-state index contributed by atoms with van der Waals surface area (Å²) >= 11 is 0. The molecule has 38 heavy (non-hydrogen) atoms. The van der Waals surface area contributed by atoms with E-state index in [-0.39, 0.29) is 29.3 Å². The van der Waals surface area contributed by atoms with E-state index in [2.05, 4.69) is 20.3 Å². The van der Waals surface area contributed by atoms with Gasteiger partial charge in [-0.3, -0.25) is 20.0 Å². The summed E-state index contributed by atoms with van der Waals surface area (Å²) in [6, 6.07) is 11.0. The molecule has 1 aliphatic heterocycles. The molecule has 194 valence electrons. The quantitative estimate of drug-likeness (QED) is 0.264. The maximum absolute atomic E-state index is 13.1. The Labute approximate surface area is 221 Å². The van der Waals surface area contributed by atoms with E-state index in [0.29, 0.717) is 34.5 Å². The molecule has 0 atom stereocenters. The van der Waals surface area contributed by atoms with Crippen molar-refractivity contribution >= 4 is 39.9 Å². The van der Waals surface area contributed by atoms with E-state index in [4.69, 9.17) is 11.1 Å². The zero-order chi connectivity index (χ0) is 26.8. The SMILES string of the molecule is CC(C)CC(=O)Nc1cncc(-c2cnc(N)c(C(=N)c3cc4c(C(=O)N5CCCC5)cccc4[nH]3)c2)c1. The van der Waals surface area contributed by atoms with Crippen molar-refractivity contribution in [2.24, 2.45) is 5.92 Å². The van der Waals surface area contributed by atoms with Crippen LogP contribution in [-0.4, -0.2) is 50.5 Å². The maximum atomic E-state index is 13.1. The van der Waals surface area contributed by atoms with Gasteiger partial charge in [-0.25, -0.2) is 4.98 Å². The molecule has 1 saturated heterocycles. The Kier molecular flexibility index (Phi) is 6.91. The molecule has 1 fully saturated rings. The van der Waals surface area contributed by atoms with Crippen molar-refractivity contribution in [2.45, 2.75) is 33.1 Å². The third-order valence-electron chi connectivity index (χ3n) is 6.69. The second kappa shape index (κ2) is 10.5. The van der Waals surface area contributed by atoms with Crippen molar-refractivity contribution in [1.29, 1.82) is 5.41 Å². The molecular formula is C29H31N7O2. The van der Waals surface area contributed by atoms with Crippen molar-refractivity contribution in [3.63, 3.8) is 0 Å². The molecule has 0 bridgehead atoms. The number of nitrogens with one attached hydrogen (secondary N) is 3. The second-order valence-corrected chi connectivity index (χ2v) is 10.1. The summed E-state index contributed by atoms with van der Waals surface area (Å²) in [7, 11) is 0. The van der Waals surface area contributed by atoms with E-state index in [1.165, 1.54) is 0 Å². The van der Waals surface area contributed by atoms with Crippen LogP contribution in [0, 0.1) is 11.3 Å². The van der Waals surface area contributed by atoms with E-state index in [0.717, 1.165) is 42.4 Å². The first-order chi connectivity index (χ1) is 18.3. The number of pyridine rings is 2. The first-order valence-corrected chi connectivity index (χ1v) is 12.8. The number of rotatable bonds is 7. The molecule has 9 heteroatoms. The number of H-pyrrole nitrogens is 1. The normalized spacial score (nSPS) is 13.3. The van der Waals surface area contributed by atoms with Gasteiger partial charge in [-0.05, 0) is 49.1 Å². The number of nitrogen functional groups attached to an aromatic ring is 1. The second-order valence-electron chi connectivity index (χ2n) is 10.1. The molecule has 0 spiro atoms. The van der Waals surface area contributed by atoms with Crippen LogP contribution in [-0.2, 0) is 4.79 Å². The first-order valence-electron chi connectivity index (χ1n) is 12.8. The van der Waals surface area contributed by atoms with E-state index in [1.54, 1.807) is 24.7 Å². The van der Waals surface area contributed by atoms with Gasteiger partial charge in [0.1, 0.15) is 5.82 Å². The van der Waals surface area contributed by atoms with Crippen LogP contribution in [0.3, 0.4) is 0 Å². The van der Waals surface area contributed by atoms with Crippen LogP contribution in [0.2, 0.25) is 0 Å². The molecule has 4 heterocycles. The minimum atomic E-state index is -0.0711. The van der Waals surface area contributed by atoms with Gasteiger partial charge in [0.25, 0.3) is 5.91 Å². The molecular weight excluding hydrogens is 478 g/mol. The molecule has 3 aromatic heterocycles. The predicted molar refractivity (Wildman–Crippen MR) is 149 cm³/mol. The van der Waals surface area contributed by atoms with Gasteiger partial charge in [-0.2, -0.15) is 0 Å². The summed E-state index contributed by atoms with van der Waals surface area (Å²) in [5.74, 6) is 0.416. The van der Waals surface area contributed by atoms with Gasteiger partial charge in [0.2, 0.25) is 5.91 Å². The van der Waals surface area contributed by atoms with Crippen LogP contribution in [0.25, 0.3) is 22.0 Å². The Bertz CT molecular complexity index is 1530. The number of aromatic nitrogens is 3.